The van der Waals surface area contributed by atoms with Gasteiger partial charge in [-0.1, -0.05) is 15.9 Å². The molecule has 2 aromatic rings. The van der Waals surface area contributed by atoms with Crippen LogP contribution in [0.4, 0.5) is 4.39 Å². The molecule has 0 aliphatic rings. The van der Waals surface area contributed by atoms with Crippen LogP contribution in [0.2, 0.25) is 0 Å². The molecule has 0 fully saturated rings. The van der Waals surface area contributed by atoms with Crippen LogP contribution in [0.25, 0.3) is 0 Å². The predicted octanol–water partition coefficient (Wildman–Crippen LogP) is 3.42. The van der Waals surface area contributed by atoms with Crippen molar-refractivity contribution in [2.75, 3.05) is 7.11 Å². The number of methoxy groups -OCH3 is 1. The first-order valence-electron chi connectivity index (χ1n) is 5.58. The van der Waals surface area contributed by atoms with Crippen molar-refractivity contribution in [1.29, 1.82) is 0 Å². The quantitative estimate of drug-likeness (QED) is 0.809. The van der Waals surface area contributed by atoms with E-state index in [2.05, 4.69) is 20.9 Å². The van der Waals surface area contributed by atoms with E-state index in [1.54, 1.807) is 12.1 Å². The summed E-state index contributed by atoms with van der Waals surface area (Å²) >= 11 is 3.33. The van der Waals surface area contributed by atoms with E-state index in [0.29, 0.717) is 11.3 Å². The van der Waals surface area contributed by atoms with Crippen LogP contribution in [0.1, 0.15) is 16.1 Å². The van der Waals surface area contributed by atoms with Gasteiger partial charge in [0.15, 0.2) is 11.6 Å². The van der Waals surface area contributed by atoms with Gasteiger partial charge >= 0.3 is 0 Å². The van der Waals surface area contributed by atoms with E-state index in [1.165, 1.54) is 25.4 Å². The molecule has 0 aliphatic heterocycles. The lowest BCUT2D eigenvalue weighted by Gasteiger charge is -2.08. The molecule has 0 saturated heterocycles. The fraction of sp³-hybridized carbons (Fsp3) is 0.143. The van der Waals surface area contributed by atoms with Crippen molar-refractivity contribution in [3.63, 3.8) is 0 Å². The molecule has 5 heteroatoms. The zero-order valence-corrected chi connectivity index (χ0v) is 11.8. The normalized spacial score (nSPS) is 10.3. The maximum absolute atomic E-state index is 13.5. The minimum atomic E-state index is -0.610. The molecule has 0 saturated carbocycles. The van der Waals surface area contributed by atoms with Crippen LogP contribution in [0.3, 0.4) is 0 Å². The summed E-state index contributed by atoms with van der Waals surface area (Å²) in [6.45, 7) is 0. The van der Waals surface area contributed by atoms with E-state index in [4.69, 9.17) is 4.74 Å². The molecule has 19 heavy (non-hydrogen) atoms. The number of Topliss-reactive ketones (excluding diaryl/α,β-unsaturated/α-hetero) is 1. The van der Waals surface area contributed by atoms with Crippen LogP contribution in [-0.4, -0.2) is 17.9 Å². The minimum absolute atomic E-state index is 0.0382. The number of carbonyl (C=O) groups excluding carboxylic acids is 1. The highest BCUT2D eigenvalue weighted by Crippen LogP contribution is 2.24. The molecule has 98 valence electrons. The van der Waals surface area contributed by atoms with Crippen molar-refractivity contribution in [2.24, 2.45) is 0 Å². The number of benzene rings is 1. The molecule has 0 aliphatic carbocycles. The van der Waals surface area contributed by atoms with Gasteiger partial charge in [-0.15, -0.1) is 0 Å². The zero-order chi connectivity index (χ0) is 13.8. The molecule has 1 aromatic heterocycles. The summed E-state index contributed by atoms with van der Waals surface area (Å²) in [5, 5.41) is 0. The van der Waals surface area contributed by atoms with E-state index in [0.717, 1.165) is 4.47 Å². The molecule has 2 rings (SSSR count). The van der Waals surface area contributed by atoms with E-state index in [9.17, 15) is 9.18 Å². The molecular weight excluding hydrogens is 313 g/mol. The molecule has 0 radical (unpaired) electrons. The van der Waals surface area contributed by atoms with Gasteiger partial charge < -0.3 is 4.74 Å². The van der Waals surface area contributed by atoms with Gasteiger partial charge in [0.05, 0.1) is 7.11 Å². The summed E-state index contributed by atoms with van der Waals surface area (Å²) in [6.07, 6.45) is 1.44. The second kappa shape index (κ2) is 5.93. The number of nitrogens with zero attached hydrogens (tertiary/aromatic N) is 1. The highest BCUT2D eigenvalue weighted by molar-refractivity contribution is 9.10. The molecule has 0 amide bonds. The Morgan fingerprint density at radius 2 is 2.21 bits per heavy atom. The SMILES string of the molecule is COc1ccc(Br)cc1CC(=O)c1ncccc1F. The molecule has 3 nitrogen and oxygen atoms in total. The topological polar surface area (TPSA) is 39.2 Å². The molecule has 1 aromatic carbocycles. The lowest BCUT2D eigenvalue weighted by Crippen LogP contribution is -2.09. The van der Waals surface area contributed by atoms with Gasteiger partial charge in [-0.05, 0) is 30.3 Å². The third-order valence-electron chi connectivity index (χ3n) is 2.62. The van der Waals surface area contributed by atoms with E-state index in [1.807, 2.05) is 6.07 Å². The van der Waals surface area contributed by atoms with Crippen molar-refractivity contribution < 1.29 is 13.9 Å². The lowest BCUT2D eigenvalue weighted by atomic mass is 10.1. The van der Waals surface area contributed by atoms with Gasteiger partial charge in [-0.2, -0.15) is 0 Å². The molecule has 0 N–H and O–H groups in total. The number of ketones is 1. The van der Waals surface area contributed by atoms with Crippen LogP contribution in [0.15, 0.2) is 41.0 Å². The lowest BCUT2D eigenvalue weighted by molar-refractivity contribution is 0.0983. The summed E-state index contributed by atoms with van der Waals surface area (Å²) in [7, 11) is 1.53. The minimum Gasteiger partial charge on any atom is -0.496 e. The van der Waals surface area contributed by atoms with Crippen LogP contribution in [0, 0.1) is 5.82 Å². The molecule has 0 bridgehead atoms. The fourth-order valence-corrected chi connectivity index (χ4v) is 2.14. The van der Waals surface area contributed by atoms with E-state index in [-0.39, 0.29) is 17.9 Å². The standard InChI is InChI=1S/C14H11BrFNO2/c1-19-13-5-4-10(15)7-9(13)8-12(18)14-11(16)3-2-6-17-14/h2-7H,8H2,1H3. The molecule has 0 unspecified atom stereocenters. The zero-order valence-electron chi connectivity index (χ0n) is 10.2. The van der Waals surface area contributed by atoms with Gasteiger partial charge in [0, 0.05) is 22.7 Å². The van der Waals surface area contributed by atoms with Crippen LogP contribution >= 0.6 is 15.9 Å². The summed E-state index contributed by atoms with van der Waals surface area (Å²) in [5.41, 5.74) is 0.538. The van der Waals surface area contributed by atoms with E-state index < -0.39 is 5.82 Å². The Hall–Kier alpha value is -1.75. The first-order valence-corrected chi connectivity index (χ1v) is 6.37. The Kier molecular flexibility index (Phi) is 4.27. The summed E-state index contributed by atoms with van der Waals surface area (Å²) in [4.78, 5) is 15.8. The van der Waals surface area contributed by atoms with Crippen molar-refractivity contribution in [1.82, 2.24) is 4.98 Å². The van der Waals surface area contributed by atoms with Gasteiger partial charge in [-0.25, -0.2) is 4.39 Å². The van der Waals surface area contributed by atoms with E-state index >= 15 is 0 Å². The average molecular weight is 324 g/mol. The van der Waals surface area contributed by atoms with Crippen molar-refractivity contribution in [3.05, 3.63) is 58.1 Å². The highest BCUT2D eigenvalue weighted by Gasteiger charge is 2.15. The number of ether oxygens (including phenoxy) is 1. The Balaban J connectivity index is 2.29. The van der Waals surface area contributed by atoms with Gasteiger partial charge in [0.1, 0.15) is 11.4 Å². The number of hydrogen-bond donors (Lipinski definition) is 0. The Morgan fingerprint density at radius 1 is 1.42 bits per heavy atom. The third-order valence-corrected chi connectivity index (χ3v) is 3.11. The maximum atomic E-state index is 13.5. The highest BCUT2D eigenvalue weighted by atomic mass is 79.9. The summed E-state index contributed by atoms with van der Waals surface area (Å²) in [5.74, 6) is -0.399. The summed E-state index contributed by atoms with van der Waals surface area (Å²) in [6, 6.07) is 8.01. The fourth-order valence-electron chi connectivity index (χ4n) is 1.73. The van der Waals surface area contributed by atoms with Crippen molar-refractivity contribution in [2.45, 2.75) is 6.42 Å². The first kappa shape index (κ1) is 13.7. The number of rotatable bonds is 4. The first-order chi connectivity index (χ1) is 9.11. The number of aromatic nitrogens is 1. The van der Waals surface area contributed by atoms with Gasteiger partial charge in [-0.3, -0.25) is 9.78 Å². The predicted molar refractivity (Wildman–Crippen MR) is 72.9 cm³/mol. The number of hydrogen-bond acceptors (Lipinski definition) is 3. The Morgan fingerprint density at radius 3 is 2.89 bits per heavy atom. The largest absolute Gasteiger partial charge is 0.496 e. The molecule has 1 heterocycles. The molecule has 0 spiro atoms. The Labute approximate surface area is 118 Å². The second-order valence-corrected chi connectivity index (χ2v) is 4.81. The summed E-state index contributed by atoms with van der Waals surface area (Å²) < 4.78 is 19.5. The third kappa shape index (κ3) is 3.17. The molecular formula is C14H11BrFNO2. The smallest absolute Gasteiger partial charge is 0.188 e. The maximum Gasteiger partial charge on any atom is 0.188 e. The van der Waals surface area contributed by atoms with Crippen molar-refractivity contribution >= 4 is 21.7 Å². The monoisotopic (exact) mass is 323 g/mol. The van der Waals surface area contributed by atoms with Crippen LogP contribution in [-0.2, 0) is 6.42 Å². The number of carbonyl (C=O) groups is 1. The van der Waals surface area contributed by atoms with Gasteiger partial charge in [0.25, 0.3) is 0 Å². The van der Waals surface area contributed by atoms with Crippen molar-refractivity contribution in [3.8, 4) is 5.75 Å². The Bertz CT molecular complexity index is 616. The van der Waals surface area contributed by atoms with Crippen LogP contribution in [0.5, 0.6) is 5.75 Å². The average Bonchev–Trinajstić information content (AvgIpc) is 2.39. The molecule has 0 atom stereocenters. The van der Waals surface area contributed by atoms with Gasteiger partial charge in [0.2, 0.25) is 0 Å². The van der Waals surface area contributed by atoms with Crippen LogP contribution < -0.4 is 4.74 Å². The second-order valence-electron chi connectivity index (χ2n) is 3.89. The number of pyridine rings is 1. The number of halogens is 2.